The average molecular weight is 755 g/mol. The largest absolute Gasteiger partial charge is 0.0990 e. The van der Waals surface area contributed by atoms with Crippen LogP contribution in [-0.2, 0) is 10.8 Å². The molecule has 0 radical (unpaired) electrons. The molecule has 0 saturated heterocycles. The minimum absolute atomic E-state index is 0.403. The Kier molecular flexibility index (Phi) is 7.20. The molecule has 0 saturated carbocycles. The van der Waals surface area contributed by atoms with Gasteiger partial charge in [-0.25, -0.2) is 0 Å². The van der Waals surface area contributed by atoms with Crippen LogP contribution in [-0.4, -0.2) is 0 Å². The molecule has 0 aromatic heterocycles. The lowest BCUT2D eigenvalue weighted by atomic mass is 9.70. The third kappa shape index (κ3) is 4.13. The van der Waals surface area contributed by atoms with E-state index in [1.54, 1.807) is 0 Å². The zero-order valence-corrected chi connectivity index (χ0v) is 33.2. The fourth-order valence-corrected chi connectivity index (χ4v) is 13.8. The molecule has 8 aromatic carbocycles. The molecule has 0 amide bonds. The van der Waals surface area contributed by atoms with Crippen LogP contribution >= 0.6 is 7.92 Å². The highest BCUT2D eigenvalue weighted by Gasteiger charge is 2.53. The molecule has 0 unspecified atom stereocenters. The molecule has 8 aromatic rings. The summed E-state index contributed by atoms with van der Waals surface area (Å²) in [5.41, 5.74) is 20.8. The van der Waals surface area contributed by atoms with Gasteiger partial charge in [0.25, 0.3) is 0 Å². The molecule has 272 valence electrons. The summed E-state index contributed by atoms with van der Waals surface area (Å²) in [6, 6.07) is 69.5. The maximum absolute atomic E-state index is 4.24. The van der Waals surface area contributed by atoms with Crippen molar-refractivity contribution in [1.29, 1.82) is 0 Å². The zero-order chi connectivity index (χ0) is 38.6. The fourth-order valence-electron chi connectivity index (χ4n) is 11.4. The molecule has 0 fully saturated rings. The maximum atomic E-state index is 4.24. The van der Waals surface area contributed by atoms with Crippen molar-refractivity contribution in [3.63, 3.8) is 0 Å². The highest BCUT2D eigenvalue weighted by Crippen LogP contribution is 2.65. The fraction of sp³-hybridized carbons (Fsp3) is 0.0526. The van der Waals surface area contributed by atoms with Gasteiger partial charge in [-0.3, -0.25) is 0 Å². The molecule has 58 heavy (non-hydrogen) atoms. The van der Waals surface area contributed by atoms with E-state index < -0.39 is 18.8 Å². The predicted octanol–water partition coefficient (Wildman–Crippen LogP) is 13.5. The Morgan fingerprint density at radius 3 is 0.983 bits per heavy atom. The quantitative estimate of drug-likeness (QED) is 0.121. The third-order valence-electron chi connectivity index (χ3n) is 13.4. The van der Waals surface area contributed by atoms with Crippen LogP contribution in [0.4, 0.5) is 0 Å². The number of fused-ring (bicyclic) bond motifs is 20. The van der Waals surface area contributed by atoms with Crippen molar-refractivity contribution in [3.05, 3.63) is 263 Å². The molecule has 12 rings (SSSR count). The van der Waals surface area contributed by atoms with Crippen LogP contribution in [0.15, 0.2) is 218 Å². The van der Waals surface area contributed by atoms with E-state index in [0.29, 0.717) is 0 Å². The van der Waals surface area contributed by atoms with E-state index in [4.69, 9.17) is 0 Å². The molecule has 0 aliphatic heterocycles. The maximum Gasteiger partial charge on any atom is 0.0725 e. The van der Waals surface area contributed by atoms with Crippen molar-refractivity contribution in [2.75, 3.05) is 0 Å². The van der Waals surface area contributed by atoms with Gasteiger partial charge in [0.15, 0.2) is 0 Å². The first-order chi connectivity index (χ1) is 28.7. The van der Waals surface area contributed by atoms with Crippen molar-refractivity contribution in [2.24, 2.45) is 0 Å². The molecular formula is C57H39P. The molecule has 4 aliphatic rings. The SMILES string of the molecule is C=C/C=C(\C=C/C)P(c1ccc2c(c1)C1(c3ccccc3-c3ccccc31)c1ccccc1-2)c1ccc2c(c1)C1(c3ccccc3-c3ccccc31)c1ccccc1-2. The van der Waals surface area contributed by atoms with Crippen LogP contribution in [0.25, 0.3) is 44.5 Å². The smallest absolute Gasteiger partial charge is 0.0725 e. The first kappa shape index (κ1) is 33.5. The molecule has 4 aliphatic carbocycles. The van der Waals surface area contributed by atoms with Gasteiger partial charge in [-0.1, -0.05) is 201 Å². The lowest BCUT2D eigenvalue weighted by Gasteiger charge is -2.32. The van der Waals surface area contributed by atoms with E-state index in [1.165, 1.54) is 105 Å². The summed E-state index contributed by atoms with van der Waals surface area (Å²) < 4.78 is 0. The van der Waals surface area contributed by atoms with E-state index in [2.05, 4.69) is 214 Å². The van der Waals surface area contributed by atoms with E-state index in [-0.39, 0.29) is 0 Å². The second-order valence-electron chi connectivity index (χ2n) is 15.9. The van der Waals surface area contributed by atoms with Gasteiger partial charge >= 0.3 is 0 Å². The van der Waals surface area contributed by atoms with Crippen LogP contribution < -0.4 is 10.6 Å². The summed E-state index contributed by atoms with van der Waals surface area (Å²) in [5.74, 6) is 0. The van der Waals surface area contributed by atoms with E-state index in [0.717, 1.165) is 0 Å². The molecule has 2 spiro atoms. The first-order valence-corrected chi connectivity index (χ1v) is 21.7. The molecule has 0 heterocycles. The first-order valence-electron chi connectivity index (χ1n) is 20.3. The van der Waals surface area contributed by atoms with E-state index >= 15 is 0 Å². The van der Waals surface area contributed by atoms with Gasteiger partial charge in [-0.05, 0) is 132 Å². The number of allylic oxidation sites excluding steroid dienone is 5. The summed E-state index contributed by atoms with van der Waals surface area (Å²) in [6.45, 7) is 6.37. The van der Waals surface area contributed by atoms with Gasteiger partial charge in [0.05, 0.1) is 10.8 Å². The highest BCUT2D eigenvalue weighted by molar-refractivity contribution is 7.77. The summed E-state index contributed by atoms with van der Waals surface area (Å²) >= 11 is 0. The second-order valence-corrected chi connectivity index (χ2v) is 18.1. The minimum Gasteiger partial charge on any atom is -0.0990 e. The van der Waals surface area contributed by atoms with Crippen molar-refractivity contribution in [1.82, 2.24) is 0 Å². The van der Waals surface area contributed by atoms with Crippen molar-refractivity contribution >= 4 is 18.5 Å². The Morgan fingerprint density at radius 1 is 0.397 bits per heavy atom. The molecule has 0 nitrogen and oxygen atoms in total. The summed E-state index contributed by atoms with van der Waals surface area (Å²) in [4.78, 5) is 0. The monoisotopic (exact) mass is 754 g/mol. The van der Waals surface area contributed by atoms with Gasteiger partial charge in [0.2, 0.25) is 0 Å². The van der Waals surface area contributed by atoms with E-state index in [1.807, 2.05) is 6.08 Å². The van der Waals surface area contributed by atoms with Crippen LogP contribution in [0.5, 0.6) is 0 Å². The number of hydrogen-bond donors (Lipinski definition) is 0. The summed E-state index contributed by atoms with van der Waals surface area (Å²) in [6.07, 6.45) is 8.70. The number of benzene rings is 8. The minimum atomic E-state index is -1.02. The van der Waals surface area contributed by atoms with Crippen LogP contribution in [0.3, 0.4) is 0 Å². The highest BCUT2D eigenvalue weighted by atomic mass is 31.1. The molecular weight excluding hydrogens is 716 g/mol. The summed E-state index contributed by atoms with van der Waals surface area (Å²) in [7, 11) is -1.02. The molecule has 1 heteroatoms. The van der Waals surface area contributed by atoms with Crippen LogP contribution in [0.1, 0.15) is 51.4 Å². The number of rotatable bonds is 5. The molecule has 0 bridgehead atoms. The zero-order valence-electron chi connectivity index (χ0n) is 32.3. The lowest BCUT2D eigenvalue weighted by molar-refractivity contribution is 0.794. The summed E-state index contributed by atoms with van der Waals surface area (Å²) in [5, 5.41) is 3.96. The van der Waals surface area contributed by atoms with Crippen LogP contribution in [0, 0.1) is 0 Å². The Hall–Kier alpha value is -6.59. The second kappa shape index (κ2) is 12.5. The van der Waals surface area contributed by atoms with Crippen LogP contribution in [0.2, 0.25) is 0 Å². The van der Waals surface area contributed by atoms with Crippen molar-refractivity contribution in [3.8, 4) is 44.5 Å². The normalized spacial score (nSPS) is 15.2. The topological polar surface area (TPSA) is 0 Å². The molecule has 0 atom stereocenters. The average Bonchev–Trinajstić information content (AvgIpc) is 3.95. The third-order valence-corrected chi connectivity index (χ3v) is 15.8. The van der Waals surface area contributed by atoms with Crippen molar-refractivity contribution in [2.45, 2.75) is 17.8 Å². The van der Waals surface area contributed by atoms with Gasteiger partial charge < -0.3 is 0 Å². The Labute approximate surface area is 342 Å². The van der Waals surface area contributed by atoms with Crippen molar-refractivity contribution < 1.29 is 0 Å². The standard InChI is InChI=1S/C57H39P/c1-3-17-37(18-4-2)58(38-31-33-46-44-23-9-15-29-52(44)56(54(46)35-38)48-25-11-5-19-40(48)41-20-6-12-26-49(41)56)39-32-34-47-45-24-10-16-30-53(45)57(55(47)36-39)50-27-13-7-21-42(50)43-22-8-14-28-51(43)57/h3-36H,1H2,2H3/b18-4-,37-17+. The van der Waals surface area contributed by atoms with Gasteiger partial charge in [0, 0.05) is 0 Å². The Morgan fingerprint density at radius 2 is 0.690 bits per heavy atom. The Balaban J connectivity index is 1.14. The Bertz CT molecular complexity index is 2800. The van der Waals surface area contributed by atoms with Gasteiger partial charge in [0.1, 0.15) is 0 Å². The van der Waals surface area contributed by atoms with Gasteiger partial charge in [-0.15, -0.1) is 0 Å². The van der Waals surface area contributed by atoms with Gasteiger partial charge in [-0.2, -0.15) is 0 Å². The van der Waals surface area contributed by atoms with E-state index in [9.17, 15) is 0 Å². The number of hydrogen-bond acceptors (Lipinski definition) is 0. The lowest BCUT2D eigenvalue weighted by Crippen LogP contribution is -2.28. The molecule has 0 N–H and O–H groups in total. The predicted molar refractivity (Wildman–Crippen MR) is 245 cm³/mol.